The number of rotatable bonds is 2. The van der Waals surface area contributed by atoms with Crippen molar-refractivity contribution in [1.82, 2.24) is 0 Å². The number of nitrogens with zero attached hydrogens (tertiary/aromatic N) is 1. The highest BCUT2D eigenvalue weighted by Gasteiger charge is 2.38. The molecular formula is C10H10N2O. The number of benzene rings is 1. The van der Waals surface area contributed by atoms with E-state index in [2.05, 4.69) is 11.4 Å². The molecule has 13 heavy (non-hydrogen) atoms. The lowest BCUT2D eigenvalue weighted by molar-refractivity contribution is -0.0132. The summed E-state index contributed by atoms with van der Waals surface area (Å²) in [4.78, 5) is 0. The highest BCUT2D eigenvalue weighted by molar-refractivity contribution is 5.48. The van der Waals surface area contributed by atoms with Crippen LogP contribution in [0.5, 0.6) is 0 Å². The van der Waals surface area contributed by atoms with Gasteiger partial charge in [-0.15, -0.1) is 0 Å². The number of hydrogen-bond acceptors (Lipinski definition) is 3. The van der Waals surface area contributed by atoms with Gasteiger partial charge in [0.1, 0.15) is 0 Å². The predicted molar refractivity (Wildman–Crippen MR) is 49.2 cm³/mol. The smallest absolute Gasteiger partial charge is 0.172 e. The van der Waals surface area contributed by atoms with Gasteiger partial charge in [0, 0.05) is 5.69 Å². The van der Waals surface area contributed by atoms with Crippen molar-refractivity contribution in [3.8, 4) is 6.07 Å². The quantitative estimate of drug-likeness (QED) is 0.736. The SMILES string of the molecule is N#CC1(Nc2ccccc2)COC1. The Morgan fingerprint density at radius 2 is 2.00 bits per heavy atom. The van der Waals surface area contributed by atoms with Crippen LogP contribution < -0.4 is 5.32 Å². The van der Waals surface area contributed by atoms with Crippen LogP contribution >= 0.6 is 0 Å². The minimum atomic E-state index is -0.499. The van der Waals surface area contributed by atoms with Crippen molar-refractivity contribution in [3.05, 3.63) is 30.3 Å². The van der Waals surface area contributed by atoms with Crippen LogP contribution in [0.1, 0.15) is 0 Å². The van der Waals surface area contributed by atoms with E-state index in [1.54, 1.807) is 0 Å². The van der Waals surface area contributed by atoms with Gasteiger partial charge in [0.05, 0.1) is 19.3 Å². The highest BCUT2D eigenvalue weighted by atomic mass is 16.5. The van der Waals surface area contributed by atoms with E-state index in [1.807, 2.05) is 30.3 Å². The number of anilines is 1. The first-order valence-corrected chi connectivity index (χ1v) is 4.17. The standard InChI is InChI=1S/C10H10N2O/c11-6-10(7-13-8-10)12-9-4-2-1-3-5-9/h1-5,12H,7-8H2. The molecule has 1 aromatic carbocycles. The van der Waals surface area contributed by atoms with E-state index >= 15 is 0 Å². The lowest BCUT2D eigenvalue weighted by atomic mass is 9.99. The fourth-order valence-electron chi connectivity index (χ4n) is 1.27. The molecule has 3 nitrogen and oxygen atoms in total. The van der Waals surface area contributed by atoms with Crippen molar-refractivity contribution in [1.29, 1.82) is 5.26 Å². The topological polar surface area (TPSA) is 45.0 Å². The lowest BCUT2D eigenvalue weighted by Crippen LogP contribution is -2.54. The Labute approximate surface area is 76.9 Å². The van der Waals surface area contributed by atoms with Gasteiger partial charge in [0.25, 0.3) is 0 Å². The minimum absolute atomic E-state index is 0.471. The van der Waals surface area contributed by atoms with Crippen LogP contribution in [0, 0.1) is 11.3 Å². The van der Waals surface area contributed by atoms with E-state index in [0.29, 0.717) is 13.2 Å². The van der Waals surface area contributed by atoms with E-state index in [-0.39, 0.29) is 0 Å². The van der Waals surface area contributed by atoms with Crippen LogP contribution in [0.4, 0.5) is 5.69 Å². The van der Waals surface area contributed by atoms with Gasteiger partial charge in [-0.1, -0.05) is 18.2 Å². The van der Waals surface area contributed by atoms with Crippen molar-refractivity contribution in [3.63, 3.8) is 0 Å². The van der Waals surface area contributed by atoms with Crippen LogP contribution in [-0.4, -0.2) is 18.8 Å². The normalized spacial score (nSPS) is 18.4. The van der Waals surface area contributed by atoms with Gasteiger partial charge in [-0.2, -0.15) is 5.26 Å². The molecule has 0 aliphatic carbocycles. The van der Waals surface area contributed by atoms with Crippen molar-refractivity contribution < 1.29 is 4.74 Å². The first kappa shape index (κ1) is 8.09. The van der Waals surface area contributed by atoms with Gasteiger partial charge in [-0.05, 0) is 12.1 Å². The third-order valence-electron chi connectivity index (χ3n) is 2.07. The molecule has 0 unspecified atom stereocenters. The van der Waals surface area contributed by atoms with Gasteiger partial charge >= 0.3 is 0 Å². The summed E-state index contributed by atoms with van der Waals surface area (Å²) >= 11 is 0. The maximum absolute atomic E-state index is 8.91. The van der Waals surface area contributed by atoms with E-state index in [1.165, 1.54) is 0 Å². The number of nitrogens with one attached hydrogen (secondary N) is 1. The van der Waals surface area contributed by atoms with Gasteiger partial charge in [-0.25, -0.2) is 0 Å². The van der Waals surface area contributed by atoms with E-state index in [4.69, 9.17) is 10.00 Å². The van der Waals surface area contributed by atoms with Crippen LogP contribution in [0.3, 0.4) is 0 Å². The molecular weight excluding hydrogens is 164 g/mol. The molecule has 0 spiro atoms. The second kappa shape index (κ2) is 3.08. The second-order valence-corrected chi connectivity index (χ2v) is 3.18. The average Bonchev–Trinajstić information content (AvgIpc) is 2.13. The predicted octanol–water partition coefficient (Wildman–Crippen LogP) is 1.39. The number of para-hydroxylation sites is 1. The summed E-state index contributed by atoms with van der Waals surface area (Å²) in [6, 6.07) is 11.9. The molecule has 1 N–H and O–H groups in total. The van der Waals surface area contributed by atoms with Crippen molar-refractivity contribution in [2.45, 2.75) is 5.54 Å². The molecule has 0 atom stereocenters. The Balaban J connectivity index is 2.10. The van der Waals surface area contributed by atoms with E-state index < -0.39 is 5.54 Å². The van der Waals surface area contributed by atoms with Crippen LogP contribution in [-0.2, 0) is 4.74 Å². The zero-order valence-corrected chi connectivity index (χ0v) is 7.16. The van der Waals surface area contributed by atoms with Crippen LogP contribution in [0.15, 0.2) is 30.3 Å². The highest BCUT2D eigenvalue weighted by Crippen LogP contribution is 2.21. The molecule has 1 aliphatic rings. The van der Waals surface area contributed by atoms with Gasteiger partial charge in [-0.3, -0.25) is 0 Å². The summed E-state index contributed by atoms with van der Waals surface area (Å²) < 4.78 is 5.02. The summed E-state index contributed by atoms with van der Waals surface area (Å²) in [6.45, 7) is 0.941. The molecule has 2 rings (SSSR count). The third kappa shape index (κ3) is 1.49. The van der Waals surface area contributed by atoms with E-state index in [0.717, 1.165) is 5.69 Å². The maximum Gasteiger partial charge on any atom is 0.172 e. The minimum Gasteiger partial charge on any atom is -0.374 e. The molecule has 0 saturated carbocycles. The Bertz CT molecular complexity index is 325. The molecule has 0 amide bonds. The number of ether oxygens (including phenoxy) is 1. The summed E-state index contributed by atoms with van der Waals surface area (Å²) in [5.74, 6) is 0. The summed E-state index contributed by atoms with van der Waals surface area (Å²) in [5.41, 5.74) is 0.466. The first-order valence-electron chi connectivity index (χ1n) is 4.17. The molecule has 0 bridgehead atoms. The Kier molecular flexibility index (Phi) is 1.91. The molecule has 1 fully saturated rings. The fraction of sp³-hybridized carbons (Fsp3) is 0.300. The van der Waals surface area contributed by atoms with Gasteiger partial charge < -0.3 is 10.1 Å². The molecule has 1 saturated heterocycles. The summed E-state index contributed by atoms with van der Waals surface area (Å²) in [6.07, 6.45) is 0. The molecule has 1 aliphatic heterocycles. The van der Waals surface area contributed by atoms with Gasteiger partial charge in [0.2, 0.25) is 0 Å². The largest absolute Gasteiger partial charge is 0.374 e. The fourth-order valence-corrected chi connectivity index (χ4v) is 1.27. The average molecular weight is 174 g/mol. The molecule has 1 aromatic rings. The van der Waals surface area contributed by atoms with Crippen LogP contribution in [0.25, 0.3) is 0 Å². The van der Waals surface area contributed by atoms with Crippen molar-refractivity contribution in [2.75, 3.05) is 18.5 Å². The molecule has 66 valence electrons. The molecule has 1 heterocycles. The lowest BCUT2D eigenvalue weighted by Gasteiger charge is -2.36. The number of hydrogen-bond donors (Lipinski definition) is 1. The molecule has 0 aromatic heterocycles. The zero-order chi connectivity index (χ0) is 9.15. The van der Waals surface area contributed by atoms with Gasteiger partial charge in [0.15, 0.2) is 5.54 Å². The Morgan fingerprint density at radius 3 is 2.46 bits per heavy atom. The molecule has 0 radical (unpaired) electrons. The molecule has 3 heteroatoms. The maximum atomic E-state index is 8.91. The summed E-state index contributed by atoms with van der Waals surface area (Å²) in [7, 11) is 0. The zero-order valence-electron chi connectivity index (χ0n) is 7.16. The number of nitriles is 1. The summed E-state index contributed by atoms with van der Waals surface area (Å²) in [5, 5.41) is 12.1. The van der Waals surface area contributed by atoms with Crippen molar-refractivity contribution in [2.24, 2.45) is 0 Å². The van der Waals surface area contributed by atoms with Crippen molar-refractivity contribution >= 4 is 5.69 Å². The van der Waals surface area contributed by atoms with E-state index in [9.17, 15) is 0 Å². The first-order chi connectivity index (χ1) is 6.35. The Hall–Kier alpha value is -1.53. The second-order valence-electron chi connectivity index (χ2n) is 3.18. The Morgan fingerprint density at radius 1 is 1.31 bits per heavy atom. The third-order valence-corrected chi connectivity index (χ3v) is 2.07. The monoisotopic (exact) mass is 174 g/mol. The van der Waals surface area contributed by atoms with Crippen LogP contribution in [0.2, 0.25) is 0 Å².